The van der Waals surface area contributed by atoms with Crippen LogP contribution in [-0.4, -0.2) is 53.9 Å². The summed E-state index contributed by atoms with van der Waals surface area (Å²) in [6, 6.07) is 3.10. The fraction of sp³-hybridized carbons (Fsp3) is 0.524. The summed E-state index contributed by atoms with van der Waals surface area (Å²) in [5.74, 6) is -0.509. The van der Waals surface area contributed by atoms with E-state index in [0.717, 1.165) is 0 Å². The number of allylic oxidation sites excluding steroid dienone is 1. The summed E-state index contributed by atoms with van der Waals surface area (Å²) in [4.78, 5) is 24.4. The molecular formula is C21H28O9. The van der Waals surface area contributed by atoms with Gasteiger partial charge < -0.3 is 33.9 Å². The van der Waals surface area contributed by atoms with Crippen LogP contribution < -0.4 is 14.2 Å². The number of hydrogen-bond donors (Lipinski definition) is 2. The maximum absolute atomic E-state index is 12.5. The van der Waals surface area contributed by atoms with E-state index in [-0.39, 0.29) is 6.79 Å². The first-order chi connectivity index (χ1) is 14.0. The first-order valence-electron chi connectivity index (χ1n) is 9.45. The minimum Gasteiger partial charge on any atom is -0.493 e. The number of aliphatic hydroxyl groups is 2. The van der Waals surface area contributed by atoms with E-state index in [2.05, 4.69) is 0 Å². The van der Waals surface area contributed by atoms with Gasteiger partial charge in [-0.1, -0.05) is 6.08 Å². The molecule has 0 unspecified atom stereocenters. The van der Waals surface area contributed by atoms with Crippen molar-refractivity contribution < 1.29 is 43.5 Å². The summed E-state index contributed by atoms with van der Waals surface area (Å²) in [5.41, 5.74) is -1.41. The van der Waals surface area contributed by atoms with E-state index in [9.17, 15) is 19.8 Å². The molecule has 30 heavy (non-hydrogen) atoms. The molecule has 1 aromatic rings. The Labute approximate surface area is 175 Å². The van der Waals surface area contributed by atoms with E-state index in [1.807, 2.05) is 0 Å². The van der Waals surface area contributed by atoms with Gasteiger partial charge in [0.05, 0.1) is 7.11 Å². The van der Waals surface area contributed by atoms with Gasteiger partial charge in [0.2, 0.25) is 12.5 Å². The smallest absolute Gasteiger partial charge is 0.342 e. The molecule has 1 aliphatic heterocycles. The summed E-state index contributed by atoms with van der Waals surface area (Å²) < 4.78 is 26.3. The second-order valence-electron chi connectivity index (χ2n) is 7.18. The number of aliphatic hydroxyl groups excluding tert-OH is 1. The fourth-order valence-corrected chi connectivity index (χ4v) is 2.60. The molecule has 0 spiro atoms. The van der Waals surface area contributed by atoms with Crippen molar-refractivity contribution in [3.05, 3.63) is 29.3 Å². The van der Waals surface area contributed by atoms with E-state index in [4.69, 9.17) is 23.7 Å². The number of rotatable bonds is 8. The predicted molar refractivity (Wildman–Crippen MR) is 105 cm³/mol. The number of benzene rings is 1. The molecule has 0 aromatic heterocycles. The number of esters is 2. The van der Waals surface area contributed by atoms with Crippen LogP contribution in [0, 0.1) is 0 Å². The number of methoxy groups -OCH3 is 1. The molecule has 166 valence electrons. The lowest BCUT2D eigenvalue weighted by Crippen LogP contribution is -2.49. The van der Waals surface area contributed by atoms with E-state index < -0.39 is 35.9 Å². The maximum atomic E-state index is 12.5. The number of carbonyl (C=O) groups is 2. The molecule has 0 amide bonds. The zero-order valence-electron chi connectivity index (χ0n) is 17.9. The highest BCUT2D eigenvalue weighted by Gasteiger charge is 2.42. The lowest BCUT2D eigenvalue weighted by Gasteiger charge is -2.30. The third-order valence-corrected chi connectivity index (χ3v) is 5.00. The Kier molecular flexibility index (Phi) is 7.33. The lowest BCUT2D eigenvalue weighted by atomic mass is 10.00. The van der Waals surface area contributed by atoms with E-state index in [1.54, 1.807) is 32.1 Å². The van der Waals surface area contributed by atoms with E-state index in [0.29, 0.717) is 28.4 Å². The second kappa shape index (κ2) is 9.36. The third kappa shape index (κ3) is 4.85. The minimum absolute atomic E-state index is 0.0297. The van der Waals surface area contributed by atoms with Crippen LogP contribution in [0.15, 0.2) is 23.8 Å². The number of ether oxygens (including phenoxy) is 5. The average molecular weight is 424 g/mol. The molecule has 1 heterocycles. The van der Waals surface area contributed by atoms with Crippen LogP contribution in [0.4, 0.5) is 0 Å². The van der Waals surface area contributed by atoms with Crippen molar-refractivity contribution in [3.8, 4) is 17.2 Å². The van der Waals surface area contributed by atoms with Gasteiger partial charge in [-0.15, -0.1) is 0 Å². The highest BCUT2D eigenvalue weighted by Crippen LogP contribution is 2.43. The van der Waals surface area contributed by atoms with E-state index in [1.165, 1.54) is 27.9 Å². The molecule has 2 rings (SSSR count). The summed E-state index contributed by atoms with van der Waals surface area (Å²) in [6.45, 7) is 7.28. The zero-order chi connectivity index (χ0) is 22.6. The molecule has 0 fully saturated rings. The number of carbonyl (C=O) groups excluding carboxylic acids is 2. The molecule has 0 saturated carbocycles. The quantitative estimate of drug-likeness (QED) is 0.477. The van der Waals surface area contributed by atoms with Crippen molar-refractivity contribution in [1.29, 1.82) is 0 Å². The van der Waals surface area contributed by atoms with Crippen LogP contribution in [0.3, 0.4) is 0 Å². The molecule has 0 bridgehead atoms. The summed E-state index contributed by atoms with van der Waals surface area (Å²) in [5, 5.41) is 21.2. The molecular weight excluding hydrogens is 396 g/mol. The van der Waals surface area contributed by atoms with Crippen molar-refractivity contribution in [3.63, 3.8) is 0 Å². The Morgan fingerprint density at radius 3 is 2.50 bits per heavy atom. The third-order valence-electron chi connectivity index (χ3n) is 5.00. The van der Waals surface area contributed by atoms with Gasteiger partial charge in [0.25, 0.3) is 0 Å². The molecule has 0 aliphatic carbocycles. The lowest BCUT2D eigenvalue weighted by molar-refractivity contribution is -0.189. The molecule has 1 aliphatic rings. The summed E-state index contributed by atoms with van der Waals surface area (Å²) in [7, 11) is 1.45. The van der Waals surface area contributed by atoms with Crippen molar-refractivity contribution >= 4 is 11.9 Å². The first-order valence-corrected chi connectivity index (χ1v) is 9.45. The van der Waals surface area contributed by atoms with Gasteiger partial charge >= 0.3 is 11.9 Å². The SMILES string of the molecule is C/C=C(/C)C(=O)O[C@@H](C)[C@@](C)(O)C(=O)O[C@@H](C)[C@H](O)c1cc(OC)c2c(c1)OCO2. The largest absolute Gasteiger partial charge is 0.493 e. The maximum Gasteiger partial charge on any atom is 0.342 e. The monoisotopic (exact) mass is 424 g/mol. The van der Waals surface area contributed by atoms with Crippen LogP contribution in [0.25, 0.3) is 0 Å². The zero-order valence-corrected chi connectivity index (χ0v) is 17.9. The van der Waals surface area contributed by atoms with E-state index >= 15 is 0 Å². The molecule has 1 aromatic carbocycles. The van der Waals surface area contributed by atoms with Crippen LogP contribution in [-0.2, 0) is 19.1 Å². The van der Waals surface area contributed by atoms with Gasteiger partial charge in [-0.25, -0.2) is 9.59 Å². The van der Waals surface area contributed by atoms with Crippen molar-refractivity contribution in [1.82, 2.24) is 0 Å². The Morgan fingerprint density at radius 2 is 1.90 bits per heavy atom. The van der Waals surface area contributed by atoms with Crippen LogP contribution in [0.2, 0.25) is 0 Å². The Balaban J connectivity index is 2.10. The number of fused-ring (bicyclic) bond motifs is 1. The van der Waals surface area contributed by atoms with Gasteiger partial charge in [-0.05, 0) is 52.3 Å². The topological polar surface area (TPSA) is 121 Å². The first kappa shape index (κ1) is 23.5. The molecule has 0 radical (unpaired) electrons. The Hall–Kier alpha value is -2.78. The minimum atomic E-state index is -2.12. The molecule has 9 heteroatoms. The predicted octanol–water partition coefficient (Wildman–Crippen LogP) is 2.04. The van der Waals surface area contributed by atoms with Gasteiger partial charge in [-0.3, -0.25) is 0 Å². The molecule has 9 nitrogen and oxygen atoms in total. The molecule has 4 atom stereocenters. The fourth-order valence-electron chi connectivity index (χ4n) is 2.60. The summed E-state index contributed by atoms with van der Waals surface area (Å²) >= 11 is 0. The van der Waals surface area contributed by atoms with Crippen molar-refractivity contribution in [2.24, 2.45) is 0 Å². The van der Waals surface area contributed by atoms with Gasteiger partial charge in [0.15, 0.2) is 17.1 Å². The standard InChI is InChI=1S/C21H28O9/c1-7-11(2)19(23)30-13(4)21(5,25)20(24)29-12(3)17(22)14-8-15(26-6)18-16(9-14)27-10-28-18/h7-9,12-13,17,22,25H,10H2,1-6H3/b11-7-/t12-,13-,17-,21+/m0/s1. The second-order valence-corrected chi connectivity index (χ2v) is 7.18. The van der Waals surface area contributed by atoms with Gasteiger partial charge in [-0.2, -0.15) is 0 Å². The summed E-state index contributed by atoms with van der Waals surface area (Å²) in [6.07, 6.45) is -1.90. The average Bonchev–Trinajstić information content (AvgIpc) is 3.20. The van der Waals surface area contributed by atoms with Crippen LogP contribution >= 0.6 is 0 Å². The normalized spacial score (nSPS) is 18.1. The molecule has 0 saturated heterocycles. The van der Waals surface area contributed by atoms with Gasteiger partial charge in [0.1, 0.15) is 18.3 Å². The molecule has 2 N–H and O–H groups in total. The Morgan fingerprint density at radius 1 is 1.23 bits per heavy atom. The number of hydrogen-bond acceptors (Lipinski definition) is 9. The van der Waals surface area contributed by atoms with Crippen LogP contribution in [0.5, 0.6) is 17.2 Å². The van der Waals surface area contributed by atoms with Crippen molar-refractivity contribution in [2.75, 3.05) is 13.9 Å². The van der Waals surface area contributed by atoms with Crippen molar-refractivity contribution in [2.45, 2.75) is 58.5 Å². The van der Waals surface area contributed by atoms with Crippen LogP contribution in [0.1, 0.15) is 46.3 Å². The van der Waals surface area contributed by atoms with Gasteiger partial charge in [0, 0.05) is 5.57 Å². The highest BCUT2D eigenvalue weighted by atomic mass is 16.7. The highest BCUT2D eigenvalue weighted by molar-refractivity contribution is 5.88. The Bertz CT molecular complexity index is 828.